The van der Waals surface area contributed by atoms with Crippen molar-refractivity contribution in [3.63, 3.8) is 0 Å². The fourth-order valence-corrected chi connectivity index (χ4v) is 1.67. The minimum Gasteiger partial charge on any atom is -0.870 e. The van der Waals surface area contributed by atoms with Gasteiger partial charge in [-0.05, 0) is 30.7 Å². The minimum absolute atomic E-state index is 0.0676. The minimum atomic E-state index is -0.731. The average Bonchev–Trinajstić information content (AvgIpc) is 2.33. The molecule has 4 nitrogen and oxygen atoms in total. The number of esters is 1. The molecule has 1 aromatic rings. The summed E-state index contributed by atoms with van der Waals surface area (Å²) in [6.45, 7) is 8.71. The van der Waals surface area contributed by atoms with Crippen LogP contribution in [0.5, 0.6) is 5.75 Å². The van der Waals surface area contributed by atoms with E-state index in [1.807, 2.05) is 0 Å². The Morgan fingerprint density at radius 1 is 1.50 bits per heavy atom. The molecule has 0 radical (unpaired) electrons. The predicted molar refractivity (Wildman–Crippen MR) is 67.1 cm³/mol. The van der Waals surface area contributed by atoms with Crippen LogP contribution in [-0.2, 0) is 9.53 Å². The molecular formula is C12H8Cl2NO3-. The Hall–Kier alpha value is -1.70. The first-order valence-corrected chi connectivity index (χ1v) is 5.67. The van der Waals surface area contributed by atoms with Crippen LogP contribution in [0.25, 0.3) is 10.9 Å². The zero-order valence-corrected chi connectivity index (χ0v) is 10.9. The molecule has 0 fully saturated rings. The quantitative estimate of drug-likeness (QED) is 0.487. The molecule has 0 N–H and O–H groups in total. The van der Waals surface area contributed by atoms with Gasteiger partial charge in [-0.3, -0.25) is 4.79 Å². The van der Waals surface area contributed by atoms with Crippen molar-refractivity contribution in [2.24, 2.45) is 0 Å². The van der Waals surface area contributed by atoms with Gasteiger partial charge in [-0.25, -0.2) is 4.85 Å². The summed E-state index contributed by atoms with van der Waals surface area (Å²) in [5.41, 5.74) is 0.186. The third-order valence-electron chi connectivity index (χ3n) is 1.93. The van der Waals surface area contributed by atoms with E-state index in [0.717, 1.165) is 0 Å². The first kappa shape index (κ1) is 14.4. The van der Waals surface area contributed by atoms with Crippen LogP contribution in [0, 0.1) is 6.57 Å². The molecule has 1 aromatic carbocycles. The third kappa shape index (κ3) is 3.39. The Labute approximate surface area is 114 Å². The van der Waals surface area contributed by atoms with E-state index in [0.29, 0.717) is 5.56 Å². The first-order chi connectivity index (χ1) is 8.49. The maximum absolute atomic E-state index is 11.4. The van der Waals surface area contributed by atoms with E-state index >= 15 is 0 Å². The molecule has 0 bridgehead atoms. The maximum atomic E-state index is 11.4. The maximum Gasteiger partial charge on any atom is 0.336 e. The fourth-order valence-electron chi connectivity index (χ4n) is 1.16. The molecule has 0 saturated heterocycles. The highest BCUT2D eigenvalue weighted by molar-refractivity contribution is 6.37. The van der Waals surface area contributed by atoms with Gasteiger partial charge in [0.15, 0.2) is 0 Å². The predicted octanol–water partition coefficient (Wildman–Crippen LogP) is 2.89. The van der Waals surface area contributed by atoms with Gasteiger partial charge in [-0.2, -0.15) is 0 Å². The summed E-state index contributed by atoms with van der Waals surface area (Å²) < 4.78 is 4.70. The van der Waals surface area contributed by atoms with Crippen molar-refractivity contribution in [1.82, 2.24) is 0 Å². The van der Waals surface area contributed by atoms with Crippen molar-refractivity contribution in [2.75, 3.05) is 6.61 Å². The van der Waals surface area contributed by atoms with E-state index in [4.69, 9.17) is 34.5 Å². The van der Waals surface area contributed by atoms with Gasteiger partial charge in [0, 0.05) is 10.0 Å². The van der Waals surface area contributed by atoms with Crippen LogP contribution in [0.2, 0.25) is 10.0 Å². The third-order valence-corrected chi connectivity index (χ3v) is 2.49. The molecule has 94 valence electrons. The van der Waals surface area contributed by atoms with E-state index in [1.165, 1.54) is 18.2 Å². The molecule has 18 heavy (non-hydrogen) atoms. The zero-order valence-electron chi connectivity index (χ0n) is 9.37. The molecule has 0 saturated carbocycles. The molecule has 0 aromatic heterocycles. The number of nitrogens with zero attached hydrogens (tertiary/aromatic N) is 1. The highest BCUT2D eigenvalue weighted by Gasteiger charge is 2.11. The smallest absolute Gasteiger partial charge is 0.336 e. The largest absolute Gasteiger partial charge is 0.870 e. The van der Waals surface area contributed by atoms with E-state index < -0.39 is 11.7 Å². The Balaban J connectivity index is 3.15. The summed E-state index contributed by atoms with van der Waals surface area (Å²) in [7, 11) is 0. The van der Waals surface area contributed by atoms with Crippen molar-refractivity contribution < 1.29 is 14.6 Å². The van der Waals surface area contributed by atoms with Gasteiger partial charge >= 0.3 is 5.97 Å². The van der Waals surface area contributed by atoms with Gasteiger partial charge in [0.05, 0.1) is 13.2 Å². The fraction of sp³-hybridized carbons (Fsp3) is 0.167. The Bertz CT molecular complexity index is 524. The number of benzene rings is 1. The Kier molecular flexibility index (Phi) is 5.02. The molecule has 0 heterocycles. The Morgan fingerprint density at radius 3 is 2.50 bits per heavy atom. The topological polar surface area (TPSA) is 53.7 Å². The molecular weight excluding hydrogens is 277 g/mol. The van der Waals surface area contributed by atoms with Gasteiger partial charge in [-0.15, -0.1) is 0 Å². The van der Waals surface area contributed by atoms with Gasteiger partial charge < -0.3 is 9.84 Å². The number of hydrogen-bond donors (Lipinski definition) is 0. The number of carbonyl (C=O) groups excluding carboxylic acids is 1. The molecule has 6 heteroatoms. The van der Waals surface area contributed by atoms with Crippen LogP contribution in [0.1, 0.15) is 12.5 Å². The van der Waals surface area contributed by atoms with Gasteiger partial charge in [0.25, 0.3) is 5.70 Å². The molecule has 1 rings (SSSR count). The first-order valence-electron chi connectivity index (χ1n) is 4.92. The van der Waals surface area contributed by atoms with E-state index in [-0.39, 0.29) is 22.3 Å². The second kappa shape index (κ2) is 6.29. The monoisotopic (exact) mass is 284 g/mol. The average molecular weight is 285 g/mol. The van der Waals surface area contributed by atoms with E-state index in [9.17, 15) is 9.90 Å². The Morgan fingerprint density at radius 2 is 2.06 bits per heavy atom. The summed E-state index contributed by atoms with van der Waals surface area (Å²) in [6, 6.07) is 2.67. The SMILES string of the molecule is [C-]#[N+]C(=Cc1cc(Cl)c([O-])c(Cl)c1)C(=O)OCC. The highest BCUT2D eigenvalue weighted by atomic mass is 35.5. The molecule has 0 unspecified atom stereocenters. The van der Waals surface area contributed by atoms with Crippen LogP contribution in [-0.4, -0.2) is 12.6 Å². The van der Waals surface area contributed by atoms with Crippen molar-refractivity contribution in [2.45, 2.75) is 6.92 Å². The lowest BCUT2D eigenvalue weighted by molar-refractivity contribution is -0.268. The van der Waals surface area contributed by atoms with Crippen molar-refractivity contribution in [3.05, 3.63) is 44.9 Å². The van der Waals surface area contributed by atoms with Crippen LogP contribution >= 0.6 is 23.2 Å². The molecule has 0 aliphatic heterocycles. The number of ether oxygens (including phenoxy) is 1. The van der Waals surface area contributed by atoms with Crippen molar-refractivity contribution >= 4 is 35.2 Å². The summed E-state index contributed by atoms with van der Waals surface area (Å²) in [5.74, 6) is -1.22. The molecule has 0 atom stereocenters. The second-order valence-corrected chi connectivity index (χ2v) is 3.99. The van der Waals surface area contributed by atoms with Gasteiger partial charge in [-0.1, -0.05) is 29.0 Å². The standard InChI is InChI=1S/C12H9Cl2NO3/c1-3-18-12(17)10(15-2)6-7-4-8(13)11(16)9(14)5-7/h4-6,16H,3H2,1H3/p-1. The molecule has 0 amide bonds. The summed E-state index contributed by atoms with van der Waals surface area (Å²) in [4.78, 5) is 14.4. The van der Waals surface area contributed by atoms with E-state index in [1.54, 1.807) is 6.92 Å². The zero-order chi connectivity index (χ0) is 13.7. The van der Waals surface area contributed by atoms with Crippen LogP contribution < -0.4 is 5.11 Å². The van der Waals surface area contributed by atoms with Gasteiger partial charge in [0.2, 0.25) is 0 Å². The normalized spacial score (nSPS) is 10.9. The van der Waals surface area contributed by atoms with Crippen LogP contribution in [0.15, 0.2) is 17.8 Å². The molecule has 0 aliphatic rings. The number of rotatable bonds is 3. The van der Waals surface area contributed by atoms with Gasteiger partial charge in [0.1, 0.15) is 0 Å². The van der Waals surface area contributed by atoms with E-state index in [2.05, 4.69) is 4.85 Å². The number of carbonyl (C=O) groups is 1. The molecule has 0 aliphatic carbocycles. The summed E-state index contributed by atoms with van der Waals surface area (Å²) >= 11 is 11.3. The lowest BCUT2D eigenvalue weighted by atomic mass is 10.2. The van der Waals surface area contributed by atoms with Crippen molar-refractivity contribution in [1.29, 1.82) is 0 Å². The summed E-state index contributed by atoms with van der Waals surface area (Å²) in [5, 5.41) is 11.1. The van der Waals surface area contributed by atoms with Crippen molar-refractivity contribution in [3.8, 4) is 5.75 Å². The lowest BCUT2D eigenvalue weighted by Crippen LogP contribution is -2.04. The lowest BCUT2D eigenvalue weighted by Gasteiger charge is -2.11. The van der Waals surface area contributed by atoms with Crippen LogP contribution in [0.3, 0.4) is 0 Å². The molecule has 0 spiro atoms. The summed E-state index contributed by atoms with van der Waals surface area (Å²) in [6.07, 6.45) is 1.27. The van der Waals surface area contributed by atoms with Crippen LogP contribution in [0.4, 0.5) is 0 Å². The second-order valence-electron chi connectivity index (χ2n) is 3.18. The number of halogens is 2. The number of hydrogen-bond acceptors (Lipinski definition) is 3. The highest BCUT2D eigenvalue weighted by Crippen LogP contribution is 2.31.